The highest BCUT2D eigenvalue weighted by molar-refractivity contribution is 5.93. The molecule has 1 rings (SSSR count). The minimum Gasteiger partial charge on any atom is -0.465 e. The van der Waals surface area contributed by atoms with Gasteiger partial charge in [-0.05, 0) is 12.1 Å². The number of carbonyl (C=O) groups is 1. The minimum absolute atomic E-state index is 0.189. The summed E-state index contributed by atoms with van der Waals surface area (Å²) >= 11 is 0. The molecule has 0 aliphatic rings. The first-order valence-corrected chi connectivity index (χ1v) is 3.78. The molecule has 0 aromatic carbocycles. The number of ether oxygens (including phenoxy) is 1. The van der Waals surface area contributed by atoms with Gasteiger partial charge in [-0.25, -0.2) is 9.78 Å². The van der Waals surface area contributed by atoms with Crippen LogP contribution in [0.1, 0.15) is 16.1 Å². The third kappa shape index (κ3) is 2.36. The van der Waals surface area contributed by atoms with Crippen LogP contribution in [0.25, 0.3) is 0 Å². The highest BCUT2D eigenvalue weighted by Crippen LogP contribution is 2.28. The maximum absolute atomic E-state index is 12.1. The zero-order valence-corrected chi connectivity index (χ0v) is 7.63. The van der Waals surface area contributed by atoms with E-state index in [9.17, 15) is 18.0 Å². The van der Waals surface area contributed by atoms with Crippen LogP contribution in [-0.4, -0.2) is 18.1 Å². The Hall–Kier alpha value is -1.79. The quantitative estimate of drug-likeness (QED) is 0.728. The smallest absolute Gasteiger partial charge is 0.433 e. The molecule has 15 heavy (non-hydrogen) atoms. The Bertz CT molecular complexity index is 390. The molecule has 1 aromatic rings. The van der Waals surface area contributed by atoms with Crippen molar-refractivity contribution in [2.45, 2.75) is 6.18 Å². The van der Waals surface area contributed by atoms with Crippen LogP contribution in [0.3, 0.4) is 0 Å². The molecule has 0 radical (unpaired) electrons. The molecule has 0 amide bonds. The molecule has 2 N–H and O–H groups in total. The summed E-state index contributed by atoms with van der Waals surface area (Å²) in [6, 6.07) is 1.60. The van der Waals surface area contributed by atoms with Gasteiger partial charge < -0.3 is 10.5 Å². The topological polar surface area (TPSA) is 65.2 Å². The van der Waals surface area contributed by atoms with Crippen LogP contribution in [0.5, 0.6) is 0 Å². The van der Waals surface area contributed by atoms with E-state index in [0.717, 1.165) is 13.2 Å². The molecule has 0 aliphatic carbocycles. The molecule has 0 bridgehead atoms. The number of esters is 1. The zero-order chi connectivity index (χ0) is 11.6. The van der Waals surface area contributed by atoms with Gasteiger partial charge in [0, 0.05) is 0 Å². The number of alkyl halides is 3. The number of hydrogen-bond acceptors (Lipinski definition) is 4. The van der Waals surface area contributed by atoms with Crippen molar-refractivity contribution in [1.82, 2.24) is 4.98 Å². The van der Waals surface area contributed by atoms with E-state index in [-0.39, 0.29) is 5.56 Å². The lowest BCUT2D eigenvalue weighted by molar-refractivity contribution is -0.141. The summed E-state index contributed by atoms with van der Waals surface area (Å²) < 4.78 is 40.7. The second kappa shape index (κ2) is 3.76. The summed E-state index contributed by atoms with van der Waals surface area (Å²) in [5.74, 6) is -1.33. The summed E-state index contributed by atoms with van der Waals surface area (Å²) in [7, 11) is 1.10. The monoisotopic (exact) mass is 220 g/mol. The molecule has 0 saturated carbocycles. The molecule has 0 unspecified atom stereocenters. The standard InChI is InChI=1S/C8H7F3N2O2/c1-15-7(14)4-2-3-5(8(9,10)11)13-6(4)12/h2-3H,1H3,(H2,12,13). The Balaban J connectivity index is 3.15. The predicted octanol–water partition coefficient (Wildman–Crippen LogP) is 1.47. The molecule has 0 aliphatic heterocycles. The Morgan fingerprint density at radius 3 is 2.47 bits per heavy atom. The van der Waals surface area contributed by atoms with Gasteiger partial charge in [-0.1, -0.05) is 0 Å². The minimum atomic E-state index is -4.58. The summed E-state index contributed by atoms with van der Waals surface area (Å²) in [4.78, 5) is 14.0. The molecule has 1 heterocycles. The number of rotatable bonds is 1. The van der Waals surface area contributed by atoms with Crippen LogP contribution in [0.4, 0.5) is 19.0 Å². The predicted molar refractivity (Wildman–Crippen MR) is 45.0 cm³/mol. The maximum atomic E-state index is 12.1. The summed E-state index contributed by atoms with van der Waals surface area (Å²) in [6.07, 6.45) is -4.58. The van der Waals surface area contributed by atoms with Gasteiger partial charge in [0.2, 0.25) is 0 Å². The number of halogens is 3. The van der Waals surface area contributed by atoms with Gasteiger partial charge in [0.15, 0.2) is 0 Å². The van der Waals surface area contributed by atoms with E-state index in [1.807, 2.05) is 0 Å². The molecule has 0 fully saturated rings. The second-order valence-electron chi connectivity index (χ2n) is 2.62. The van der Waals surface area contributed by atoms with Crippen molar-refractivity contribution in [3.63, 3.8) is 0 Å². The average Bonchev–Trinajstić information content (AvgIpc) is 2.15. The number of methoxy groups -OCH3 is 1. The lowest BCUT2D eigenvalue weighted by atomic mass is 10.2. The first-order chi connectivity index (χ1) is 6.86. The Morgan fingerprint density at radius 2 is 2.07 bits per heavy atom. The number of nitrogens with zero attached hydrogens (tertiary/aromatic N) is 1. The molecule has 82 valence electrons. The largest absolute Gasteiger partial charge is 0.465 e. The van der Waals surface area contributed by atoms with Gasteiger partial charge in [-0.15, -0.1) is 0 Å². The van der Waals surface area contributed by atoms with Crippen LogP contribution >= 0.6 is 0 Å². The number of nitrogen functional groups attached to an aromatic ring is 1. The van der Waals surface area contributed by atoms with Gasteiger partial charge in [-0.3, -0.25) is 0 Å². The van der Waals surface area contributed by atoms with Crippen LogP contribution in [-0.2, 0) is 10.9 Å². The van der Waals surface area contributed by atoms with Crippen LogP contribution in [0.15, 0.2) is 12.1 Å². The maximum Gasteiger partial charge on any atom is 0.433 e. The van der Waals surface area contributed by atoms with Crippen molar-refractivity contribution in [2.24, 2.45) is 0 Å². The third-order valence-corrected chi connectivity index (χ3v) is 1.62. The number of aromatic nitrogens is 1. The van der Waals surface area contributed by atoms with E-state index in [1.165, 1.54) is 0 Å². The second-order valence-corrected chi connectivity index (χ2v) is 2.62. The van der Waals surface area contributed by atoms with Crippen molar-refractivity contribution >= 4 is 11.8 Å². The molecule has 0 saturated heterocycles. The van der Waals surface area contributed by atoms with E-state index in [2.05, 4.69) is 9.72 Å². The number of pyridine rings is 1. The molecule has 1 aromatic heterocycles. The fourth-order valence-electron chi connectivity index (χ4n) is 0.915. The Labute approximate surface area is 82.9 Å². The van der Waals surface area contributed by atoms with E-state index in [4.69, 9.17) is 5.73 Å². The highest BCUT2D eigenvalue weighted by Gasteiger charge is 2.33. The summed E-state index contributed by atoms with van der Waals surface area (Å²) in [5, 5.41) is 0. The number of nitrogens with two attached hydrogens (primary N) is 1. The number of anilines is 1. The van der Waals surface area contributed by atoms with Crippen LogP contribution in [0.2, 0.25) is 0 Å². The summed E-state index contributed by atoms with van der Waals surface area (Å²) in [5.41, 5.74) is 3.85. The number of carbonyl (C=O) groups excluding carboxylic acids is 1. The van der Waals surface area contributed by atoms with E-state index >= 15 is 0 Å². The zero-order valence-electron chi connectivity index (χ0n) is 7.63. The van der Waals surface area contributed by atoms with E-state index in [1.54, 1.807) is 0 Å². The molecule has 0 atom stereocenters. The molecular weight excluding hydrogens is 213 g/mol. The van der Waals surface area contributed by atoms with E-state index in [0.29, 0.717) is 6.07 Å². The SMILES string of the molecule is COC(=O)c1ccc(C(F)(F)F)nc1N. The van der Waals surface area contributed by atoms with Gasteiger partial charge in [-0.2, -0.15) is 13.2 Å². The molecule has 0 spiro atoms. The first kappa shape index (κ1) is 11.3. The van der Waals surface area contributed by atoms with E-state index < -0.39 is 23.7 Å². The van der Waals surface area contributed by atoms with Crippen molar-refractivity contribution in [3.8, 4) is 0 Å². The fraction of sp³-hybridized carbons (Fsp3) is 0.250. The van der Waals surface area contributed by atoms with Crippen molar-refractivity contribution in [1.29, 1.82) is 0 Å². The average molecular weight is 220 g/mol. The normalized spacial score (nSPS) is 11.2. The Morgan fingerprint density at radius 1 is 1.47 bits per heavy atom. The lowest BCUT2D eigenvalue weighted by Crippen LogP contribution is -2.13. The van der Waals surface area contributed by atoms with Crippen LogP contribution in [0, 0.1) is 0 Å². The molecular formula is C8H7F3N2O2. The molecule has 7 heteroatoms. The first-order valence-electron chi connectivity index (χ1n) is 3.78. The fourth-order valence-corrected chi connectivity index (χ4v) is 0.915. The summed E-state index contributed by atoms with van der Waals surface area (Å²) in [6.45, 7) is 0. The lowest BCUT2D eigenvalue weighted by Gasteiger charge is -2.08. The highest BCUT2D eigenvalue weighted by atomic mass is 19.4. The van der Waals surface area contributed by atoms with Gasteiger partial charge in [0.25, 0.3) is 0 Å². The van der Waals surface area contributed by atoms with Crippen molar-refractivity contribution in [2.75, 3.05) is 12.8 Å². The Kier molecular flexibility index (Phi) is 2.83. The van der Waals surface area contributed by atoms with Crippen LogP contribution < -0.4 is 5.73 Å². The molecule has 4 nitrogen and oxygen atoms in total. The van der Waals surface area contributed by atoms with Crippen molar-refractivity contribution in [3.05, 3.63) is 23.4 Å². The van der Waals surface area contributed by atoms with Crippen molar-refractivity contribution < 1.29 is 22.7 Å². The van der Waals surface area contributed by atoms with Gasteiger partial charge in [0.05, 0.1) is 7.11 Å². The number of hydrogen-bond donors (Lipinski definition) is 1. The van der Waals surface area contributed by atoms with Gasteiger partial charge in [0.1, 0.15) is 17.1 Å². The van der Waals surface area contributed by atoms with Gasteiger partial charge >= 0.3 is 12.1 Å². The third-order valence-electron chi connectivity index (χ3n) is 1.62.